The average molecular weight is 384 g/mol. The van der Waals surface area contributed by atoms with Gasteiger partial charge in [-0.25, -0.2) is 8.78 Å². The zero-order valence-corrected chi connectivity index (χ0v) is 15.8. The van der Waals surface area contributed by atoms with Gasteiger partial charge in [-0.15, -0.1) is 0 Å². The van der Waals surface area contributed by atoms with Crippen molar-refractivity contribution < 1.29 is 27.4 Å². The number of ether oxygens (including phenoxy) is 3. The molecule has 3 nitrogen and oxygen atoms in total. The molecule has 0 bridgehead atoms. The van der Waals surface area contributed by atoms with Crippen LogP contribution in [0.5, 0.6) is 5.75 Å². The molecule has 150 valence electrons. The van der Waals surface area contributed by atoms with Crippen LogP contribution in [0.3, 0.4) is 0 Å². The van der Waals surface area contributed by atoms with Crippen LogP contribution in [-0.2, 0) is 9.47 Å². The summed E-state index contributed by atoms with van der Waals surface area (Å²) in [5, 5.41) is 0. The Morgan fingerprint density at radius 3 is 2.30 bits per heavy atom. The van der Waals surface area contributed by atoms with Gasteiger partial charge in [0, 0.05) is 13.0 Å². The van der Waals surface area contributed by atoms with E-state index < -0.39 is 17.7 Å². The van der Waals surface area contributed by atoms with Crippen molar-refractivity contribution in [1.29, 1.82) is 0 Å². The molecule has 0 radical (unpaired) electrons. The highest BCUT2D eigenvalue weighted by Gasteiger charge is 2.28. The number of hydrogen-bond acceptors (Lipinski definition) is 3. The summed E-state index contributed by atoms with van der Waals surface area (Å²) >= 11 is 0. The molecule has 0 N–H and O–H groups in total. The first-order chi connectivity index (χ1) is 13.0. The topological polar surface area (TPSA) is 27.7 Å². The van der Waals surface area contributed by atoms with E-state index in [1.54, 1.807) is 12.1 Å². The highest BCUT2D eigenvalue weighted by molar-refractivity contribution is 5.33. The van der Waals surface area contributed by atoms with Crippen LogP contribution >= 0.6 is 0 Å². The van der Waals surface area contributed by atoms with E-state index in [0.717, 1.165) is 32.1 Å². The number of rotatable bonds is 6. The van der Waals surface area contributed by atoms with Gasteiger partial charge in [0.25, 0.3) is 0 Å². The summed E-state index contributed by atoms with van der Waals surface area (Å²) in [5.74, 6) is -1.96. The Hall–Kier alpha value is -1.53. The normalized spacial score (nSPS) is 28.7. The van der Waals surface area contributed by atoms with E-state index in [1.807, 2.05) is 0 Å². The molecule has 2 unspecified atom stereocenters. The summed E-state index contributed by atoms with van der Waals surface area (Å²) in [4.78, 5) is 0. The second kappa shape index (κ2) is 9.11. The van der Waals surface area contributed by atoms with Crippen LogP contribution < -0.4 is 4.74 Å². The lowest BCUT2D eigenvalue weighted by atomic mass is 9.82. The van der Waals surface area contributed by atoms with Crippen LogP contribution in [0.15, 0.2) is 24.0 Å². The summed E-state index contributed by atoms with van der Waals surface area (Å²) in [5.41, 5.74) is 0.412. The molecule has 0 spiro atoms. The van der Waals surface area contributed by atoms with Crippen LogP contribution in [-0.4, -0.2) is 33.0 Å². The van der Waals surface area contributed by atoms with E-state index in [0.29, 0.717) is 18.6 Å². The van der Waals surface area contributed by atoms with E-state index in [9.17, 15) is 13.2 Å². The maximum Gasteiger partial charge on any atom is 0.200 e. The molecule has 27 heavy (non-hydrogen) atoms. The monoisotopic (exact) mass is 384 g/mol. The molecule has 1 saturated carbocycles. The molecule has 1 aromatic rings. The van der Waals surface area contributed by atoms with Gasteiger partial charge in [-0.05, 0) is 62.1 Å². The maximum atomic E-state index is 14.3. The molecule has 2 aliphatic rings. The van der Waals surface area contributed by atoms with Gasteiger partial charge < -0.3 is 14.2 Å². The van der Waals surface area contributed by atoms with Gasteiger partial charge in [0.15, 0.2) is 11.6 Å². The first-order valence-corrected chi connectivity index (χ1v) is 9.57. The quantitative estimate of drug-likeness (QED) is 0.667. The summed E-state index contributed by atoms with van der Waals surface area (Å²) in [6, 6.07) is 3.10. The van der Waals surface area contributed by atoms with Gasteiger partial charge >= 0.3 is 0 Å². The maximum absolute atomic E-state index is 14.3. The van der Waals surface area contributed by atoms with Crippen molar-refractivity contribution in [3.8, 4) is 5.75 Å². The highest BCUT2D eigenvalue weighted by atomic mass is 19.2. The molecule has 6 heteroatoms. The standard InChI is InChI=1S/C21H27F3O3/c1-25-18-9-3-13(11-17(18)22)12-27-15-6-4-14(5-7-15)16-8-10-19(26-2)21(24)20(16)23/h8,10-11,13-15,18H,3-7,9,12H2,1-2H3. The fourth-order valence-corrected chi connectivity index (χ4v) is 4.10. The summed E-state index contributed by atoms with van der Waals surface area (Å²) < 4.78 is 57.9. The Morgan fingerprint density at radius 2 is 1.67 bits per heavy atom. The fraction of sp³-hybridized carbons (Fsp3) is 0.619. The van der Waals surface area contributed by atoms with Crippen molar-refractivity contribution in [2.75, 3.05) is 20.8 Å². The minimum Gasteiger partial charge on any atom is -0.494 e. The molecule has 0 amide bonds. The first kappa shape index (κ1) is 20.2. The van der Waals surface area contributed by atoms with Crippen molar-refractivity contribution in [3.05, 3.63) is 41.2 Å². The molecule has 0 aliphatic heterocycles. The predicted molar refractivity (Wildman–Crippen MR) is 96.6 cm³/mol. The molecule has 1 fully saturated rings. The van der Waals surface area contributed by atoms with Gasteiger partial charge in [-0.1, -0.05) is 6.07 Å². The minimum absolute atomic E-state index is 0.0141. The zero-order valence-electron chi connectivity index (χ0n) is 15.8. The predicted octanol–water partition coefficient (Wildman–Crippen LogP) is 5.29. The van der Waals surface area contributed by atoms with Gasteiger partial charge in [0.1, 0.15) is 11.9 Å². The third kappa shape index (κ3) is 4.66. The van der Waals surface area contributed by atoms with Crippen molar-refractivity contribution >= 4 is 0 Å². The molecular formula is C21H27F3O3. The van der Waals surface area contributed by atoms with E-state index in [2.05, 4.69) is 0 Å². The van der Waals surface area contributed by atoms with E-state index >= 15 is 0 Å². The van der Waals surface area contributed by atoms with Crippen LogP contribution in [0.1, 0.15) is 50.0 Å². The van der Waals surface area contributed by atoms with Crippen molar-refractivity contribution in [2.45, 2.75) is 56.7 Å². The minimum atomic E-state index is -0.922. The smallest absolute Gasteiger partial charge is 0.200 e. The van der Waals surface area contributed by atoms with Crippen LogP contribution in [0, 0.1) is 17.6 Å². The highest BCUT2D eigenvalue weighted by Crippen LogP contribution is 2.37. The molecule has 0 saturated heterocycles. The third-order valence-corrected chi connectivity index (χ3v) is 5.74. The molecular weight excluding hydrogens is 357 g/mol. The third-order valence-electron chi connectivity index (χ3n) is 5.74. The van der Waals surface area contributed by atoms with Gasteiger partial charge in [0.05, 0.1) is 19.8 Å². The van der Waals surface area contributed by atoms with E-state index in [-0.39, 0.29) is 29.5 Å². The van der Waals surface area contributed by atoms with E-state index in [1.165, 1.54) is 20.3 Å². The Morgan fingerprint density at radius 1 is 0.926 bits per heavy atom. The summed E-state index contributed by atoms with van der Waals surface area (Å²) in [6.07, 6.45) is 5.86. The molecule has 0 heterocycles. The Bertz CT molecular complexity index is 669. The van der Waals surface area contributed by atoms with Gasteiger partial charge in [-0.2, -0.15) is 4.39 Å². The number of hydrogen-bond donors (Lipinski definition) is 0. The average Bonchev–Trinajstić information content (AvgIpc) is 2.69. The van der Waals surface area contributed by atoms with Crippen molar-refractivity contribution in [3.63, 3.8) is 0 Å². The largest absolute Gasteiger partial charge is 0.494 e. The van der Waals surface area contributed by atoms with Crippen LogP contribution in [0.25, 0.3) is 0 Å². The molecule has 3 rings (SSSR count). The SMILES string of the molecule is COc1ccc(C2CCC(OCC3C=C(F)C(OC)CC3)CC2)c(F)c1F. The molecule has 1 aromatic carbocycles. The Kier molecular flexibility index (Phi) is 6.82. The number of benzene rings is 1. The number of halogens is 3. The summed E-state index contributed by atoms with van der Waals surface area (Å²) in [7, 11) is 2.84. The lowest BCUT2D eigenvalue weighted by molar-refractivity contribution is 0.00378. The molecule has 2 aliphatic carbocycles. The second-order valence-electron chi connectivity index (χ2n) is 7.41. The van der Waals surface area contributed by atoms with Crippen molar-refractivity contribution in [1.82, 2.24) is 0 Å². The van der Waals surface area contributed by atoms with Gasteiger partial charge in [0.2, 0.25) is 5.82 Å². The molecule has 0 aromatic heterocycles. The van der Waals surface area contributed by atoms with Gasteiger partial charge in [-0.3, -0.25) is 0 Å². The lowest BCUT2D eigenvalue weighted by Crippen LogP contribution is -2.26. The molecule has 2 atom stereocenters. The van der Waals surface area contributed by atoms with Crippen LogP contribution in [0.4, 0.5) is 13.2 Å². The summed E-state index contributed by atoms with van der Waals surface area (Å²) in [6.45, 7) is 0.491. The number of methoxy groups -OCH3 is 2. The van der Waals surface area contributed by atoms with Crippen molar-refractivity contribution in [2.24, 2.45) is 5.92 Å². The van der Waals surface area contributed by atoms with Crippen LogP contribution in [0.2, 0.25) is 0 Å². The Labute approximate surface area is 158 Å². The Balaban J connectivity index is 1.50. The fourth-order valence-electron chi connectivity index (χ4n) is 4.10. The second-order valence-corrected chi connectivity index (χ2v) is 7.41. The lowest BCUT2D eigenvalue weighted by Gasteiger charge is -2.31. The first-order valence-electron chi connectivity index (χ1n) is 9.57. The zero-order chi connectivity index (χ0) is 19.4. The van der Waals surface area contributed by atoms with E-state index in [4.69, 9.17) is 14.2 Å².